The van der Waals surface area contributed by atoms with Crippen LogP contribution in [-0.2, 0) is 20.9 Å². The minimum absolute atomic E-state index is 0.106. The highest BCUT2D eigenvalue weighted by Gasteiger charge is 2.62. The third-order valence-corrected chi connectivity index (χ3v) is 10.7. The molecule has 0 aliphatic heterocycles. The normalized spacial score (nSPS) is 41.3. The van der Waals surface area contributed by atoms with Gasteiger partial charge in [-0.25, -0.2) is 0 Å². The molecular weight excluding hydrogens is 426 g/mol. The summed E-state index contributed by atoms with van der Waals surface area (Å²) in [6.45, 7) is 7.57. The number of ketones is 1. The van der Waals surface area contributed by atoms with E-state index < -0.39 is 0 Å². The molecule has 1 aromatic rings. The van der Waals surface area contributed by atoms with Crippen molar-refractivity contribution in [3.05, 3.63) is 12.4 Å². The van der Waals surface area contributed by atoms with Crippen LogP contribution in [0.1, 0.15) is 78.6 Å². The lowest BCUT2D eigenvalue weighted by atomic mass is 9.44. The molecule has 0 aromatic carbocycles. The number of carbonyl (C=O) groups excluding carboxylic acids is 2. The average Bonchev–Trinajstić information content (AvgIpc) is 3.37. The molecular formula is C28H43N3O3. The van der Waals surface area contributed by atoms with Gasteiger partial charge in [-0.1, -0.05) is 20.3 Å². The summed E-state index contributed by atoms with van der Waals surface area (Å²) in [6.07, 6.45) is 14.8. The van der Waals surface area contributed by atoms with E-state index in [0.29, 0.717) is 29.3 Å². The molecule has 188 valence electrons. The molecule has 1 aromatic heterocycles. The van der Waals surface area contributed by atoms with Gasteiger partial charge in [0.2, 0.25) is 5.91 Å². The van der Waals surface area contributed by atoms with Crippen molar-refractivity contribution < 1.29 is 14.3 Å². The van der Waals surface area contributed by atoms with E-state index >= 15 is 0 Å². The fraction of sp³-hybridized carbons (Fsp3) is 0.821. The number of methoxy groups -OCH3 is 1. The first kappa shape index (κ1) is 24.0. The number of rotatable bonds is 6. The quantitative estimate of drug-likeness (QED) is 0.611. The van der Waals surface area contributed by atoms with Crippen LogP contribution in [0.15, 0.2) is 12.4 Å². The Hall–Kier alpha value is -1.69. The van der Waals surface area contributed by atoms with Crippen LogP contribution in [0.25, 0.3) is 0 Å². The van der Waals surface area contributed by atoms with Gasteiger partial charge in [0.25, 0.3) is 0 Å². The Balaban J connectivity index is 1.32. The van der Waals surface area contributed by atoms with Gasteiger partial charge < -0.3 is 10.1 Å². The number of carbonyl (C=O) groups is 2. The van der Waals surface area contributed by atoms with Crippen LogP contribution >= 0.6 is 0 Å². The second kappa shape index (κ2) is 9.07. The number of hydrogen-bond acceptors (Lipinski definition) is 4. The molecule has 4 aliphatic carbocycles. The number of nitrogens with zero attached hydrogens (tertiary/aromatic N) is 2. The van der Waals surface area contributed by atoms with Crippen LogP contribution in [0.5, 0.6) is 0 Å². The highest BCUT2D eigenvalue weighted by molar-refractivity contribution is 5.88. The standard InChI is InChI=1S/C28H43N3O3/c1-18-9-12-28(17-34-4)20(13-18)5-6-22-23-7-8-25(27(23,3)11-10-24(22)28)26(33)16-31-15-21(14-29-31)30-19(2)32/h14-15,18,20,22-25H,5-13,16-17H2,1-4H3,(H,30,32). The summed E-state index contributed by atoms with van der Waals surface area (Å²) in [5, 5.41) is 7.07. The van der Waals surface area contributed by atoms with Gasteiger partial charge in [0, 0.05) is 26.1 Å². The van der Waals surface area contributed by atoms with E-state index in [4.69, 9.17) is 4.74 Å². The number of hydrogen-bond donors (Lipinski definition) is 1. The Labute approximate surface area is 204 Å². The maximum Gasteiger partial charge on any atom is 0.221 e. The molecule has 6 heteroatoms. The first-order chi connectivity index (χ1) is 16.3. The van der Waals surface area contributed by atoms with Gasteiger partial charge in [-0.2, -0.15) is 5.10 Å². The fourth-order valence-corrected chi connectivity index (χ4v) is 9.33. The van der Waals surface area contributed by atoms with Gasteiger partial charge in [-0.05, 0) is 91.8 Å². The van der Waals surface area contributed by atoms with E-state index in [0.717, 1.165) is 36.7 Å². The minimum atomic E-state index is -0.123. The van der Waals surface area contributed by atoms with Gasteiger partial charge in [0.15, 0.2) is 5.78 Å². The number of Topliss-reactive ketones (excluding diaryl/α,β-unsaturated/α-hetero) is 1. The molecule has 1 heterocycles. The van der Waals surface area contributed by atoms with E-state index in [1.165, 1.54) is 58.3 Å². The zero-order valence-corrected chi connectivity index (χ0v) is 21.5. The molecule has 0 radical (unpaired) electrons. The van der Waals surface area contributed by atoms with Gasteiger partial charge in [0.1, 0.15) is 0 Å². The number of anilines is 1. The topological polar surface area (TPSA) is 73.2 Å². The third kappa shape index (κ3) is 3.94. The lowest BCUT2D eigenvalue weighted by Crippen LogP contribution is -2.56. The van der Waals surface area contributed by atoms with E-state index in [-0.39, 0.29) is 17.2 Å². The predicted octanol–water partition coefficient (Wildman–Crippen LogP) is 5.33. The molecule has 0 saturated heterocycles. The molecule has 8 atom stereocenters. The predicted molar refractivity (Wildman–Crippen MR) is 132 cm³/mol. The third-order valence-electron chi connectivity index (χ3n) is 10.7. The molecule has 8 unspecified atom stereocenters. The molecule has 0 bridgehead atoms. The Morgan fingerprint density at radius 1 is 1.15 bits per heavy atom. The zero-order chi connectivity index (χ0) is 24.1. The summed E-state index contributed by atoms with van der Waals surface area (Å²) in [5.41, 5.74) is 1.12. The van der Waals surface area contributed by atoms with Gasteiger partial charge in [-0.3, -0.25) is 14.3 Å². The maximum atomic E-state index is 13.5. The van der Waals surface area contributed by atoms with E-state index in [2.05, 4.69) is 24.3 Å². The van der Waals surface area contributed by atoms with Crippen molar-refractivity contribution in [2.45, 2.75) is 85.1 Å². The van der Waals surface area contributed by atoms with Crippen molar-refractivity contribution in [3.63, 3.8) is 0 Å². The lowest BCUT2D eigenvalue weighted by molar-refractivity contribution is -0.154. The molecule has 4 aliphatic rings. The molecule has 6 nitrogen and oxygen atoms in total. The second-order valence-electron chi connectivity index (χ2n) is 12.4. The molecule has 5 rings (SSSR count). The molecule has 1 N–H and O–H groups in total. The monoisotopic (exact) mass is 469 g/mol. The molecule has 34 heavy (non-hydrogen) atoms. The average molecular weight is 470 g/mol. The van der Waals surface area contributed by atoms with Crippen LogP contribution in [0.3, 0.4) is 0 Å². The summed E-state index contributed by atoms with van der Waals surface area (Å²) in [5.74, 6) is 4.14. The Morgan fingerprint density at radius 3 is 2.74 bits per heavy atom. The van der Waals surface area contributed by atoms with E-state index in [1.54, 1.807) is 17.1 Å². The van der Waals surface area contributed by atoms with Crippen molar-refractivity contribution in [1.29, 1.82) is 0 Å². The largest absolute Gasteiger partial charge is 0.384 e. The molecule has 0 spiro atoms. The summed E-state index contributed by atoms with van der Waals surface area (Å²) in [4.78, 5) is 24.8. The smallest absolute Gasteiger partial charge is 0.221 e. The SMILES string of the molecule is COCC12CCC(C)CC1CCC1C3CCC(C(=O)Cn4cc(NC(C)=O)cn4)C3(C)CCC12. The summed E-state index contributed by atoms with van der Waals surface area (Å²) in [6, 6.07) is 0. The van der Waals surface area contributed by atoms with E-state index in [1.807, 2.05) is 7.11 Å². The number of amides is 1. The zero-order valence-electron chi connectivity index (χ0n) is 21.5. The number of nitrogens with one attached hydrogen (secondary N) is 1. The Kier molecular flexibility index (Phi) is 6.41. The van der Waals surface area contributed by atoms with Gasteiger partial charge in [0.05, 0.1) is 25.0 Å². The number of ether oxygens (including phenoxy) is 1. The van der Waals surface area contributed by atoms with Gasteiger partial charge >= 0.3 is 0 Å². The first-order valence-corrected chi connectivity index (χ1v) is 13.6. The van der Waals surface area contributed by atoms with Crippen LogP contribution in [0.2, 0.25) is 0 Å². The minimum Gasteiger partial charge on any atom is -0.384 e. The van der Waals surface area contributed by atoms with Crippen LogP contribution in [0, 0.1) is 46.3 Å². The molecule has 4 fully saturated rings. The van der Waals surface area contributed by atoms with Crippen molar-refractivity contribution >= 4 is 17.4 Å². The molecule has 4 saturated carbocycles. The Bertz CT molecular complexity index is 928. The lowest BCUT2D eigenvalue weighted by Gasteiger charge is -2.61. The molecule has 1 amide bonds. The highest BCUT2D eigenvalue weighted by Crippen LogP contribution is 2.68. The van der Waals surface area contributed by atoms with Crippen molar-refractivity contribution in [2.75, 3.05) is 19.0 Å². The Morgan fingerprint density at radius 2 is 1.97 bits per heavy atom. The maximum absolute atomic E-state index is 13.5. The first-order valence-electron chi connectivity index (χ1n) is 13.6. The second-order valence-corrected chi connectivity index (χ2v) is 12.4. The van der Waals surface area contributed by atoms with Crippen LogP contribution < -0.4 is 5.32 Å². The number of fused-ring (bicyclic) bond motifs is 5. The van der Waals surface area contributed by atoms with Crippen molar-refractivity contribution in [1.82, 2.24) is 9.78 Å². The summed E-state index contributed by atoms with van der Waals surface area (Å²) in [7, 11) is 1.90. The highest BCUT2D eigenvalue weighted by atomic mass is 16.5. The number of aromatic nitrogens is 2. The van der Waals surface area contributed by atoms with Gasteiger partial charge in [-0.15, -0.1) is 0 Å². The summed E-state index contributed by atoms with van der Waals surface area (Å²) < 4.78 is 7.62. The van der Waals surface area contributed by atoms with Crippen LogP contribution in [0.4, 0.5) is 5.69 Å². The van der Waals surface area contributed by atoms with Crippen molar-refractivity contribution in [3.8, 4) is 0 Å². The van der Waals surface area contributed by atoms with E-state index in [9.17, 15) is 9.59 Å². The van der Waals surface area contributed by atoms with Crippen LogP contribution in [-0.4, -0.2) is 35.2 Å². The fourth-order valence-electron chi connectivity index (χ4n) is 9.33. The summed E-state index contributed by atoms with van der Waals surface area (Å²) >= 11 is 0. The van der Waals surface area contributed by atoms with Crippen molar-refractivity contribution in [2.24, 2.45) is 46.3 Å².